The Morgan fingerprint density at radius 3 is 1.78 bits per heavy atom. The van der Waals surface area contributed by atoms with Crippen LogP contribution in [0.5, 0.6) is 17.2 Å². The molecule has 0 aromatic heterocycles. The Bertz CT molecular complexity index is 356. The molecule has 1 N–H and O–H groups in total. The van der Waals surface area contributed by atoms with Crippen molar-refractivity contribution in [1.82, 2.24) is 0 Å². The number of hydrogen-bond donors (Lipinski definition) is 1. The number of benzene rings is 1. The average Bonchev–Trinajstić information content (AvgIpc) is 2.37. The second-order valence-electron chi connectivity index (χ2n) is 2.74. The van der Waals surface area contributed by atoms with E-state index in [1.165, 1.54) is 0 Å². The molecule has 0 saturated heterocycles. The van der Waals surface area contributed by atoms with Crippen LogP contribution in [-0.4, -0.2) is 32.4 Å². The van der Waals surface area contributed by atoms with Crippen LogP contribution in [0.1, 0.15) is 0 Å². The van der Waals surface area contributed by atoms with Crippen molar-refractivity contribution in [2.24, 2.45) is 0 Å². The van der Waals surface area contributed by atoms with E-state index in [2.05, 4.69) is 6.58 Å². The topological polar surface area (TPSA) is 65.0 Å². The Morgan fingerprint density at radius 1 is 1.17 bits per heavy atom. The molecule has 102 valence electrons. The van der Waals surface area contributed by atoms with Gasteiger partial charge < -0.3 is 19.3 Å². The van der Waals surface area contributed by atoms with Gasteiger partial charge in [-0.25, -0.2) is 4.79 Å². The molecule has 6 heteroatoms. The third-order valence-corrected chi connectivity index (χ3v) is 1.76. The van der Waals surface area contributed by atoms with E-state index in [0.717, 1.165) is 6.08 Å². The highest BCUT2D eigenvalue weighted by Crippen LogP contribution is 2.35. The van der Waals surface area contributed by atoms with Crippen LogP contribution >= 0.6 is 12.4 Å². The number of carbonyl (C=O) groups is 1. The highest BCUT2D eigenvalue weighted by molar-refractivity contribution is 5.85. The maximum absolute atomic E-state index is 9.25. The fraction of sp³-hybridized carbons (Fsp3) is 0.250. The Morgan fingerprint density at radius 2 is 1.56 bits per heavy atom. The van der Waals surface area contributed by atoms with Gasteiger partial charge in [-0.3, -0.25) is 0 Å². The van der Waals surface area contributed by atoms with Crippen LogP contribution in [0, 0.1) is 0 Å². The van der Waals surface area contributed by atoms with E-state index >= 15 is 0 Å². The lowest BCUT2D eigenvalue weighted by molar-refractivity contribution is -0.131. The highest BCUT2D eigenvalue weighted by Gasteiger charge is 2.08. The molecule has 0 aliphatic carbocycles. The summed E-state index contributed by atoms with van der Waals surface area (Å²) in [6, 6.07) is 5.49. The molecule has 0 aliphatic heterocycles. The van der Waals surface area contributed by atoms with Gasteiger partial charge in [0.25, 0.3) is 0 Å². The number of para-hydroxylation sites is 1. The number of aliphatic carboxylic acids is 1. The van der Waals surface area contributed by atoms with Crippen molar-refractivity contribution in [3.8, 4) is 17.2 Å². The second-order valence-corrected chi connectivity index (χ2v) is 2.74. The molecule has 0 aliphatic rings. The lowest BCUT2D eigenvalue weighted by atomic mass is 10.3. The number of carboxylic acid groups (broad SMARTS) is 1. The zero-order valence-electron chi connectivity index (χ0n) is 10.5. The predicted molar refractivity (Wildman–Crippen MR) is 71.2 cm³/mol. The molecule has 0 spiro atoms. The fourth-order valence-electron chi connectivity index (χ4n) is 1.02. The molecule has 1 aromatic carbocycles. The smallest absolute Gasteiger partial charge is 0.327 e. The van der Waals surface area contributed by atoms with Crippen LogP contribution in [0.3, 0.4) is 0 Å². The molecular weight excluding hydrogens is 260 g/mol. The number of rotatable bonds is 4. The largest absolute Gasteiger partial charge is 0.493 e. The second kappa shape index (κ2) is 10.3. The summed E-state index contributed by atoms with van der Waals surface area (Å²) in [7, 11) is 4.77. The number of methoxy groups -OCH3 is 3. The van der Waals surface area contributed by atoms with Crippen LogP contribution in [0.4, 0.5) is 0 Å². The number of halogens is 1. The average molecular weight is 277 g/mol. The monoisotopic (exact) mass is 276 g/mol. The van der Waals surface area contributed by atoms with Crippen LogP contribution in [0.15, 0.2) is 30.9 Å². The molecule has 0 radical (unpaired) electrons. The third-order valence-electron chi connectivity index (χ3n) is 1.76. The summed E-state index contributed by atoms with van der Waals surface area (Å²) in [5.41, 5.74) is 0. The summed E-state index contributed by atoms with van der Waals surface area (Å²) in [5, 5.41) is 7.60. The minimum Gasteiger partial charge on any atom is -0.493 e. The Balaban J connectivity index is 0. The SMILES string of the molecule is C=CC(=O)O.COc1cccc(OC)c1OC.Cl. The molecule has 18 heavy (non-hydrogen) atoms. The van der Waals surface area contributed by atoms with Crippen molar-refractivity contribution >= 4 is 18.4 Å². The molecular formula is C12H17ClO5. The summed E-state index contributed by atoms with van der Waals surface area (Å²) >= 11 is 0. The van der Waals surface area contributed by atoms with Gasteiger partial charge in [0.05, 0.1) is 21.3 Å². The first-order valence-corrected chi connectivity index (χ1v) is 4.71. The van der Waals surface area contributed by atoms with Gasteiger partial charge in [-0.2, -0.15) is 0 Å². The van der Waals surface area contributed by atoms with Crippen LogP contribution in [0.2, 0.25) is 0 Å². The van der Waals surface area contributed by atoms with E-state index in [9.17, 15) is 4.79 Å². The van der Waals surface area contributed by atoms with Crippen LogP contribution in [0.25, 0.3) is 0 Å². The summed E-state index contributed by atoms with van der Waals surface area (Å²) in [6.45, 7) is 2.96. The van der Waals surface area contributed by atoms with Gasteiger partial charge in [-0.1, -0.05) is 12.6 Å². The first-order valence-electron chi connectivity index (χ1n) is 4.71. The zero-order valence-corrected chi connectivity index (χ0v) is 11.3. The summed E-state index contributed by atoms with van der Waals surface area (Å²) < 4.78 is 15.3. The third kappa shape index (κ3) is 6.00. The van der Waals surface area contributed by atoms with Crippen LogP contribution in [-0.2, 0) is 4.79 Å². The van der Waals surface area contributed by atoms with E-state index in [0.29, 0.717) is 17.2 Å². The number of hydrogen-bond acceptors (Lipinski definition) is 4. The van der Waals surface area contributed by atoms with E-state index in [1.54, 1.807) is 21.3 Å². The molecule has 0 fully saturated rings. The number of ether oxygens (including phenoxy) is 3. The lowest BCUT2D eigenvalue weighted by Crippen LogP contribution is -1.93. The maximum Gasteiger partial charge on any atom is 0.327 e. The van der Waals surface area contributed by atoms with Gasteiger partial charge in [-0.15, -0.1) is 12.4 Å². The quantitative estimate of drug-likeness (QED) is 0.856. The van der Waals surface area contributed by atoms with Gasteiger partial charge in [0, 0.05) is 6.08 Å². The van der Waals surface area contributed by atoms with Gasteiger partial charge >= 0.3 is 5.97 Å². The maximum atomic E-state index is 9.25. The van der Waals surface area contributed by atoms with Crippen molar-refractivity contribution in [3.63, 3.8) is 0 Å². The van der Waals surface area contributed by atoms with Crippen molar-refractivity contribution in [2.45, 2.75) is 0 Å². The minimum absolute atomic E-state index is 0. The predicted octanol–water partition coefficient (Wildman–Crippen LogP) is 2.39. The molecule has 5 nitrogen and oxygen atoms in total. The van der Waals surface area contributed by atoms with Crippen molar-refractivity contribution < 1.29 is 24.1 Å². The number of carboxylic acids is 1. The Hall–Kier alpha value is -1.88. The van der Waals surface area contributed by atoms with Gasteiger partial charge in [0.15, 0.2) is 11.5 Å². The van der Waals surface area contributed by atoms with E-state index < -0.39 is 5.97 Å². The fourth-order valence-corrected chi connectivity index (χ4v) is 1.02. The highest BCUT2D eigenvalue weighted by atomic mass is 35.5. The van der Waals surface area contributed by atoms with E-state index in [-0.39, 0.29) is 12.4 Å². The van der Waals surface area contributed by atoms with Crippen molar-refractivity contribution in [3.05, 3.63) is 30.9 Å². The van der Waals surface area contributed by atoms with Gasteiger partial charge in [0.2, 0.25) is 5.75 Å². The molecule has 0 amide bonds. The van der Waals surface area contributed by atoms with Gasteiger partial charge in [-0.05, 0) is 12.1 Å². The summed E-state index contributed by atoms with van der Waals surface area (Å²) in [6.07, 6.45) is 0.833. The lowest BCUT2D eigenvalue weighted by Gasteiger charge is -2.10. The van der Waals surface area contributed by atoms with Crippen LogP contribution < -0.4 is 14.2 Å². The summed E-state index contributed by atoms with van der Waals surface area (Å²) in [5.74, 6) is 1.00. The van der Waals surface area contributed by atoms with Crippen molar-refractivity contribution in [1.29, 1.82) is 0 Å². The Labute approximate surface area is 112 Å². The van der Waals surface area contributed by atoms with Gasteiger partial charge in [0.1, 0.15) is 0 Å². The molecule has 0 heterocycles. The van der Waals surface area contributed by atoms with E-state index in [1.807, 2.05) is 18.2 Å². The first kappa shape index (κ1) is 18.5. The minimum atomic E-state index is -0.981. The first-order chi connectivity index (χ1) is 8.10. The Kier molecular flexibility index (Phi) is 10.6. The zero-order chi connectivity index (χ0) is 13.3. The molecule has 0 atom stereocenters. The summed E-state index contributed by atoms with van der Waals surface area (Å²) in [4.78, 5) is 9.25. The van der Waals surface area contributed by atoms with E-state index in [4.69, 9.17) is 19.3 Å². The molecule has 1 rings (SSSR count). The molecule has 1 aromatic rings. The molecule has 0 bridgehead atoms. The normalized spacial score (nSPS) is 7.94. The van der Waals surface area contributed by atoms with Crippen molar-refractivity contribution in [2.75, 3.05) is 21.3 Å². The standard InChI is InChI=1S/C9H12O3.C3H4O2.ClH/c1-10-7-5-4-6-8(11-2)9(7)12-3;1-2-3(4)5;/h4-6H,1-3H3;2H,1H2,(H,4,5);1H. The molecule has 0 saturated carbocycles. The molecule has 0 unspecified atom stereocenters.